The number of hydrogen-bond acceptors (Lipinski definition) is 9. The van der Waals surface area contributed by atoms with Gasteiger partial charge in [-0.25, -0.2) is 0 Å². The van der Waals surface area contributed by atoms with Crippen molar-refractivity contribution < 1.29 is 24.3 Å². The van der Waals surface area contributed by atoms with Gasteiger partial charge in [-0.15, -0.1) is 0 Å². The van der Waals surface area contributed by atoms with Gasteiger partial charge in [-0.3, -0.25) is 19.4 Å². The fourth-order valence-electron chi connectivity index (χ4n) is 8.98. The van der Waals surface area contributed by atoms with Gasteiger partial charge in [0.1, 0.15) is 11.8 Å². The zero-order chi connectivity index (χ0) is 37.3. The lowest BCUT2D eigenvalue weighted by Gasteiger charge is -2.62. The predicted molar refractivity (Wildman–Crippen MR) is 203 cm³/mol. The maximum atomic E-state index is 14.3. The van der Waals surface area contributed by atoms with Crippen LogP contribution >= 0.6 is 0 Å². The first-order chi connectivity index (χ1) is 24.8. The minimum atomic E-state index is -0.819. The molecule has 1 aliphatic heterocycles. The molecule has 1 saturated heterocycles. The number of methoxy groups -OCH3 is 1. The lowest BCUT2D eigenvalue weighted by Crippen LogP contribution is -2.62. The Hall–Kier alpha value is -4.03. The highest BCUT2D eigenvalue weighted by atomic mass is 16.7. The molecule has 3 saturated carbocycles. The van der Waals surface area contributed by atoms with Crippen LogP contribution in [0.25, 0.3) is 11.1 Å². The van der Waals surface area contributed by atoms with Gasteiger partial charge >= 0.3 is 0 Å². The number of nitrogens with one attached hydrogen (secondary N) is 2. The summed E-state index contributed by atoms with van der Waals surface area (Å²) in [5, 5.41) is 19.1. The Morgan fingerprint density at radius 1 is 1.15 bits per heavy atom. The number of nitrogens with zero attached hydrogens (tertiary/aromatic N) is 3. The fraction of sp³-hybridized carbons (Fsp3) is 0.537. The third-order valence-corrected chi connectivity index (χ3v) is 12.1. The fourth-order valence-corrected chi connectivity index (χ4v) is 8.98. The van der Waals surface area contributed by atoms with Crippen LogP contribution in [0.3, 0.4) is 0 Å². The van der Waals surface area contributed by atoms with Gasteiger partial charge in [0.05, 0.1) is 25.9 Å². The molecule has 280 valence electrons. The Balaban J connectivity index is 1.26. The topological polar surface area (TPSA) is 142 Å². The predicted octanol–water partition coefficient (Wildman–Crippen LogP) is 4.42. The summed E-state index contributed by atoms with van der Waals surface area (Å²) in [5.74, 6) is 1.29. The molecule has 2 heterocycles. The number of benzene rings is 2. The quantitative estimate of drug-likeness (QED) is 0.203. The standard InChI is InChI=1S/C41H56N6O5/c1-24-33-20-29(41(33,3)4)21-34(24)45-40(50)37-36(25(2)48)35(22-42)52-47(37)23-26-11-10-13-32(38(26)51-7)27-17-28(19-31(18-27)46(5)6)39(49)44-16-14-30-12-8-9-15-43-30/h8-13,15,17-19,24-25,29,33-37,48H,14,16,20-23,42H2,1-7H3,(H,44,49)(H,45,50)/t24-,25-,29-,33+,34-,35-,36+,37-/m0/s1. The van der Waals surface area contributed by atoms with Crippen LogP contribution in [0.4, 0.5) is 5.69 Å². The van der Waals surface area contributed by atoms with Gasteiger partial charge < -0.3 is 31.1 Å². The maximum Gasteiger partial charge on any atom is 0.251 e. The van der Waals surface area contributed by atoms with Gasteiger partial charge in [-0.1, -0.05) is 45.0 Å². The lowest BCUT2D eigenvalue weighted by atomic mass is 9.45. The molecular weight excluding hydrogens is 656 g/mol. The number of rotatable bonds is 13. The number of hydroxylamine groups is 2. The molecule has 1 aromatic heterocycles. The number of amides is 2. The second-order valence-electron chi connectivity index (χ2n) is 15.8. The summed E-state index contributed by atoms with van der Waals surface area (Å²) >= 11 is 0. The van der Waals surface area contributed by atoms with E-state index < -0.39 is 24.2 Å². The van der Waals surface area contributed by atoms with E-state index in [1.165, 1.54) is 6.42 Å². The number of para-hydroxylation sites is 1. The summed E-state index contributed by atoms with van der Waals surface area (Å²) < 4.78 is 6.07. The molecule has 11 heteroatoms. The number of aliphatic hydroxyl groups is 1. The third-order valence-electron chi connectivity index (χ3n) is 12.1. The van der Waals surface area contributed by atoms with Gasteiger partial charge in [-0.2, -0.15) is 5.06 Å². The molecule has 8 atom stereocenters. The number of aliphatic hydroxyl groups excluding tert-OH is 1. The number of nitrogens with two attached hydrogens (primary N) is 1. The summed E-state index contributed by atoms with van der Waals surface area (Å²) in [5.41, 5.74) is 11.2. The van der Waals surface area contributed by atoms with Crippen molar-refractivity contribution in [2.45, 2.75) is 77.8 Å². The molecule has 2 aromatic carbocycles. The molecule has 2 bridgehead atoms. The van der Waals surface area contributed by atoms with Crippen LogP contribution in [0.2, 0.25) is 0 Å². The minimum Gasteiger partial charge on any atom is -0.496 e. The molecule has 4 aliphatic rings. The minimum absolute atomic E-state index is 0.0703. The highest BCUT2D eigenvalue weighted by Gasteiger charge is 2.57. The molecule has 3 aromatic rings. The Morgan fingerprint density at radius 2 is 1.94 bits per heavy atom. The Kier molecular flexibility index (Phi) is 11.3. The number of hydrogen-bond donors (Lipinski definition) is 4. The van der Waals surface area contributed by atoms with Crippen molar-refractivity contribution in [2.75, 3.05) is 39.2 Å². The van der Waals surface area contributed by atoms with E-state index >= 15 is 0 Å². The van der Waals surface area contributed by atoms with Crippen LogP contribution in [0.15, 0.2) is 60.8 Å². The SMILES string of the molecule is COc1c(CN2O[C@@H](CN)[C@@H]([C@H](C)O)[C@H]2C(=O)N[C@H]2C[C@@H]3C[C@H]([C@@H]2C)C3(C)C)cccc1-c1cc(C(=O)NCCc2ccccn2)cc(N(C)C)c1. The number of fused-ring (bicyclic) bond motifs is 2. The molecule has 0 unspecified atom stereocenters. The van der Waals surface area contributed by atoms with E-state index in [0.717, 1.165) is 34.5 Å². The van der Waals surface area contributed by atoms with Crippen molar-refractivity contribution in [3.05, 3.63) is 77.6 Å². The molecule has 0 radical (unpaired) electrons. The average Bonchev–Trinajstić information content (AvgIpc) is 3.51. The van der Waals surface area contributed by atoms with Crippen LogP contribution in [-0.4, -0.2) is 85.6 Å². The zero-order valence-electron chi connectivity index (χ0n) is 31.6. The second-order valence-corrected chi connectivity index (χ2v) is 15.8. The first-order valence-corrected chi connectivity index (χ1v) is 18.6. The first-order valence-electron chi connectivity index (χ1n) is 18.6. The van der Waals surface area contributed by atoms with Crippen LogP contribution < -0.4 is 26.0 Å². The number of aromatic nitrogens is 1. The summed E-state index contributed by atoms with van der Waals surface area (Å²) in [6.07, 6.45) is 3.20. The van der Waals surface area contributed by atoms with Gasteiger partial charge in [0.2, 0.25) is 5.91 Å². The molecule has 7 rings (SSSR count). The molecule has 4 fully saturated rings. The second kappa shape index (κ2) is 15.5. The first kappa shape index (κ1) is 37.7. The molecule has 5 N–H and O–H groups in total. The number of carbonyl (C=O) groups excluding carboxylic acids is 2. The van der Waals surface area contributed by atoms with Gasteiger partial charge in [-0.05, 0) is 78.8 Å². The van der Waals surface area contributed by atoms with E-state index in [2.05, 4.69) is 36.4 Å². The van der Waals surface area contributed by atoms with Crippen LogP contribution in [-0.2, 0) is 22.6 Å². The molecule has 3 aliphatic carbocycles. The van der Waals surface area contributed by atoms with Gasteiger partial charge in [0.25, 0.3) is 5.91 Å². The summed E-state index contributed by atoms with van der Waals surface area (Å²) in [6, 6.07) is 16.7. The van der Waals surface area contributed by atoms with E-state index in [4.69, 9.17) is 15.3 Å². The Morgan fingerprint density at radius 3 is 2.58 bits per heavy atom. The van der Waals surface area contributed by atoms with Crippen molar-refractivity contribution in [3.63, 3.8) is 0 Å². The third kappa shape index (κ3) is 7.42. The van der Waals surface area contributed by atoms with Crippen LogP contribution in [0.5, 0.6) is 5.75 Å². The smallest absolute Gasteiger partial charge is 0.251 e. The van der Waals surface area contributed by atoms with Gasteiger partial charge in [0.15, 0.2) is 0 Å². The highest BCUT2D eigenvalue weighted by molar-refractivity contribution is 5.97. The number of pyridine rings is 1. The van der Waals surface area contributed by atoms with E-state index in [0.29, 0.717) is 47.4 Å². The lowest BCUT2D eigenvalue weighted by molar-refractivity contribution is -0.175. The Bertz CT molecular complexity index is 1730. The molecule has 2 amide bonds. The monoisotopic (exact) mass is 712 g/mol. The molecular formula is C41H56N6O5. The average molecular weight is 713 g/mol. The van der Waals surface area contributed by atoms with Crippen molar-refractivity contribution in [1.29, 1.82) is 0 Å². The summed E-state index contributed by atoms with van der Waals surface area (Å²) in [7, 11) is 5.50. The summed E-state index contributed by atoms with van der Waals surface area (Å²) in [6.45, 7) is 9.49. The van der Waals surface area contributed by atoms with Crippen LogP contribution in [0, 0.1) is 29.1 Å². The van der Waals surface area contributed by atoms with E-state index in [1.807, 2.05) is 73.6 Å². The van der Waals surface area contributed by atoms with Crippen molar-refractivity contribution in [3.8, 4) is 16.9 Å². The Labute approximate surface area is 308 Å². The van der Waals surface area contributed by atoms with Crippen molar-refractivity contribution >= 4 is 17.5 Å². The van der Waals surface area contributed by atoms with E-state index in [9.17, 15) is 14.7 Å². The molecule has 0 spiro atoms. The number of ether oxygens (including phenoxy) is 1. The number of carbonyl (C=O) groups is 2. The molecule has 11 nitrogen and oxygen atoms in total. The van der Waals surface area contributed by atoms with Crippen molar-refractivity contribution in [1.82, 2.24) is 20.7 Å². The van der Waals surface area contributed by atoms with Crippen molar-refractivity contribution in [2.24, 2.45) is 34.8 Å². The van der Waals surface area contributed by atoms with E-state index in [1.54, 1.807) is 25.3 Å². The normalized spacial score (nSPS) is 27.0. The largest absolute Gasteiger partial charge is 0.496 e. The maximum absolute atomic E-state index is 14.3. The number of anilines is 1. The van der Waals surface area contributed by atoms with Gasteiger partial charge in [0, 0.05) is 79.8 Å². The van der Waals surface area contributed by atoms with Crippen LogP contribution in [0.1, 0.15) is 62.2 Å². The summed E-state index contributed by atoms with van der Waals surface area (Å²) in [4.78, 5) is 40.4. The molecule has 52 heavy (non-hydrogen) atoms. The zero-order valence-corrected chi connectivity index (χ0v) is 31.6. The van der Waals surface area contributed by atoms with E-state index in [-0.39, 0.29) is 30.9 Å². The highest BCUT2D eigenvalue weighted by Crippen LogP contribution is 2.61.